The van der Waals surface area contributed by atoms with E-state index in [1.807, 2.05) is 45.3 Å². The number of aliphatic hydroxyl groups is 1. The first-order valence-electron chi connectivity index (χ1n) is 20.3. The first kappa shape index (κ1) is 39.7. The van der Waals surface area contributed by atoms with Gasteiger partial charge in [0.25, 0.3) is 0 Å². The molecule has 0 radical (unpaired) electrons. The zero-order valence-electron chi connectivity index (χ0n) is 33.9. The number of nitrogens with zero attached hydrogens (tertiary/aromatic N) is 3. The second-order valence-electron chi connectivity index (χ2n) is 17.3. The van der Waals surface area contributed by atoms with Crippen molar-refractivity contribution < 1.29 is 19.0 Å². The van der Waals surface area contributed by atoms with Crippen LogP contribution in [0.4, 0.5) is 10.1 Å². The number of rotatable bonds is 7. The molecule has 4 aliphatic carbocycles. The summed E-state index contributed by atoms with van der Waals surface area (Å²) in [5.74, 6) is 7.51. The predicted molar refractivity (Wildman–Crippen MR) is 220 cm³/mol. The van der Waals surface area contributed by atoms with E-state index in [0.29, 0.717) is 30.4 Å². The third-order valence-corrected chi connectivity index (χ3v) is 13.6. The van der Waals surface area contributed by atoms with Gasteiger partial charge in [0.1, 0.15) is 17.0 Å². The van der Waals surface area contributed by atoms with Crippen molar-refractivity contribution in [1.82, 2.24) is 4.90 Å². The van der Waals surface area contributed by atoms with Crippen molar-refractivity contribution in [3.8, 4) is 17.9 Å². The minimum Gasteiger partial charge on any atom is -0.378 e. The Morgan fingerprint density at radius 1 is 0.982 bits per heavy atom. The number of nitriles is 1. The Balaban J connectivity index is 0.000000179. The Labute approximate surface area is 333 Å². The molecule has 1 unspecified atom stereocenters. The van der Waals surface area contributed by atoms with E-state index in [1.54, 1.807) is 17.7 Å². The number of ketones is 1. The number of anilines is 1. The van der Waals surface area contributed by atoms with Crippen LogP contribution in [0, 0.1) is 46.2 Å². The van der Waals surface area contributed by atoms with Crippen molar-refractivity contribution in [2.75, 3.05) is 39.6 Å². The van der Waals surface area contributed by atoms with Gasteiger partial charge in [0.15, 0.2) is 5.78 Å². The highest BCUT2D eigenvalue weighted by Crippen LogP contribution is 2.66. The highest BCUT2D eigenvalue weighted by molar-refractivity contribution is 5.93. The number of ether oxygens (including phenoxy) is 1. The van der Waals surface area contributed by atoms with Crippen LogP contribution in [-0.4, -0.2) is 56.1 Å². The zero-order valence-corrected chi connectivity index (χ0v) is 33.9. The van der Waals surface area contributed by atoms with Crippen LogP contribution in [0.15, 0.2) is 89.5 Å². The van der Waals surface area contributed by atoms with Crippen LogP contribution >= 0.6 is 0 Å². The van der Waals surface area contributed by atoms with Gasteiger partial charge in [-0.1, -0.05) is 48.7 Å². The van der Waals surface area contributed by atoms with Crippen molar-refractivity contribution in [3.05, 3.63) is 123 Å². The molecule has 8 rings (SSSR count). The van der Waals surface area contributed by atoms with Crippen molar-refractivity contribution in [2.24, 2.45) is 17.3 Å². The van der Waals surface area contributed by atoms with Gasteiger partial charge in [0.2, 0.25) is 0 Å². The van der Waals surface area contributed by atoms with E-state index in [4.69, 9.17) is 10.00 Å². The van der Waals surface area contributed by atoms with Gasteiger partial charge >= 0.3 is 0 Å². The van der Waals surface area contributed by atoms with Gasteiger partial charge in [-0.25, -0.2) is 4.39 Å². The molecule has 1 heterocycles. The smallest absolute Gasteiger partial charge is 0.156 e. The summed E-state index contributed by atoms with van der Waals surface area (Å²) in [4.78, 5) is 16.4. The molecule has 0 saturated heterocycles. The first-order valence-corrected chi connectivity index (χ1v) is 20.3. The third kappa shape index (κ3) is 7.15. The van der Waals surface area contributed by atoms with E-state index in [2.05, 4.69) is 73.0 Å². The molecule has 6 nitrogen and oxygen atoms in total. The fourth-order valence-electron chi connectivity index (χ4n) is 10.8. The third-order valence-electron chi connectivity index (χ3n) is 13.6. The van der Waals surface area contributed by atoms with E-state index in [-0.39, 0.29) is 22.9 Å². The van der Waals surface area contributed by atoms with E-state index in [9.17, 15) is 14.3 Å². The molecule has 0 spiro atoms. The summed E-state index contributed by atoms with van der Waals surface area (Å²) >= 11 is 0. The standard InChI is InChI=1S/C29H35NO2.C20H21FN2O/c1-5-15-29(32)16-14-26-24-12-8-20-17-22(31)11-13-23(20)27(24)25(18-28(26,29)2)19-6-9-21(10-7-19)30(3)4;1-23(2)11-3-10-20(17-5-7-18(21)8-6-17)19-9-4-15(13-22)12-16(19)14-24-20/h6-7,9-10,17,24-26,32H,8,11-14,16,18H2,1-4H3;4-9,12H,3,10-11,14H2,1-2H3/t24-,25+,26-,28-,29-;/m0./s1. The van der Waals surface area contributed by atoms with Gasteiger partial charge in [-0.3, -0.25) is 4.79 Å². The maximum atomic E-state index is 13.4. The van der Waals surface area contributed by atoms with E-state index in [0.717, 1.165) is 74.6 Å². The summed E-state index contributed by atoms with van der Waals surface area (Å²) in [6, 6.07) is 23.4. The lowest BCUT2D eigenvalue weighted by Crippen LogP contribution is -2.51. The second kappa shape index (κ2) is 15.8. The average Bonchev–Trinajstić information content (AvgIpc) is 3.68. The van der Waals surface area contributed by atoms with Crippen LogP contribution in [0.2, 0.25) is 0 Å². The first-order chi connectivity index (χ1) is 26.8. The monoisotopic (exact) mass is 753 g/mol. The van der Waals surface area contributed by atoms with E-state index >= 15 is 0 Å². The SMILES string of the molecule is CC#C[C@]1(O)CC[C@H]2[C@@H]3CCC4=CC(=O)CCC4=C3[C@@H](c3ccc(N(C)C)cc3)C[C@@]21C.CN(C)CCCC1(c2ccc(F)cc2)OCc2cc(C#N)ccc21. The van der Waals surface area contributed by atoms with E-state index in [1.165, 1.54) is 34.5 Å². The van der Waals surface area contributed by atoms with Crippen molar-refractivity contribution in [2.45, 2.75) is 95.4 Å². The number of hydrogen-bond acceptors (Lipinski definition) is 6. The summed E-state index contributed by atoms with van der Waals surface area (Å²) in [6.07, 6.45) is 10.0. The molecule has 2 fully saturated rings. The molecule has 2 saturated carbocycles. The molecular weight excluding hydrogens is 698 g/mol. The van der Waals surface area contributed by atoms with Gasteiger partial charge in [0, 0.05) is 37.5 Å². The normalized spacial score (nSPS) is 28.8. The van der Waals surface area contributed by atoms with Crippen LogP contribution in [0.25, 0.3) is 0 Å². The molecule has 5 aliphatic rings. The molecule has 3 aromatic carbocycles. The lowest BCUT2D eigenvalue weighted by atomic mass is 9.51. The predicted octanol–water partition coefficient (Wildman–Crippen LogP) is 9.22. The highest BCUT2D eigenvalue weighted by atomic mass is 19.1. The fraction of sp³-hybridized carbons (Fsp3) is 0.469. The molecule has 1 N–H and O–H groups in total. The minimum absolute atomic E-state index is 0.221. The van der Waals surface area contributed by atoms with Crippen molar-refractivity contribution >= 4 is 11.5 Å². The molecule has 0 aromatic heterocycles. The molecular formula is C49H56FN3O3. The molecule has 0 amide bonds. The Bertz CT molecular complexity index is 2140. The summed E-state index contributed by atoms with van der Waals surface area (Å²) in [6.45, 7) is 5.58. The largest absolute Gasteiger partial charge is 0.378 e. The van der Waals surface area contributed by atoms with E-state index < -0.39 is 11.2 Å². The fourth-order valence-corrected chi connectivity index (χ4v) is 10.8. The Morgan fingerprint density at radius 2 is 1.73 bits per heavy atom. The molecule has 3 aromatic rings. The Hall–Kier alpha value is -4.53. The summed E-state index contributed by atoms with van der Waals surface area (Å²) in [7, 11) is 8.24. The maximum Gasteiger partial charge on any atom is 0.156 e. The Morgan fingerprint density at radius 3 is 2.41 bits per heavy atom. The van der Waals surface area contributed by atoms with Gasteiger partial charge in [-0.15, -0.1) is 5.92 Å². The van der Waals surface area contributed by atoms with Gasteiger partial charge in [-0.2, -0.15) is 5.26 Å². The second-order valence-corrected chi connectivity index (χ2v) is 17.3. The number of hydrogen-bond donors (Lipinski definition) is 1. The van der Waals surface area contributed by atoms with Gasteiger partial charge in [-0.05, 0) is 167 Å². The number of fused-ring (bicyclic) bond motifs is 5. The van der Waals surface area contributed by atoms with Crippen molar-refractivity contribution in [3.63, 3.8) is 0 Å². The zero-order chi connectivity index (χ0) is 39.8. The lowest BCUT2D eigenvalue weighted by Gasteiger charge is -2.53. The molecule has 56 heavy (non-hydrogen) atoms. The number of carbonyl (C=O) groups is 1. The molecule has 0 bridgehead atoms. The highest BCUT2D eigenvalue weighted by Gasteiger charge is 2.62. The molecule has 7 heteroatoms. The molecule has 1 aliphatic heterocycles. The van der Waals surface area contributed by atoms with Gasteiger partial charge in [0.05, 0.1) is 18.2 Å². The van der Waals surface area contributed by atoms with Crippen LogP contribution in [0.5, 0.6) is 0 Å². The number of halogens is 1. The molecule has 6 atom stereocenters. The summed E-state index contributed by atoms with van der Waals surface area (Å²) in [5, 5.41) is 20.8. The molecule has 292 valence electrons. The lowest BCUT2D eigenvalue weighted by molar-refractivity contribution is -0.114. The summed E-state index contributed by atoms with van der Waals surface area (Å²) < 4.78 is 19.6. The topological polar surface area (TPSA) is 76.8 Å². The number of allylic oxidation sites excluding steroid dienone is 4. The van der Waals surface area contributed by atoms with Crippen LogP contribution in [0.3, 0.4) is 0 Å². The van der Waals surface area contributed by atoms with Crippen LogP contribution in [-0.2, 0) is 21.7 Å². The van der Waals surface area contributed by atoms with Crippen LogP contribution in [0.1, 0.15) is 105 Å². The maximum absolute atomic E-state index is 13.4. The van der Waals surface area contributed by atoms with Crippen molar-refractivity contribution in [1.29, 1.82) is 5.26 Å². The summed E-state index contributed by atoms with van der Waals surface area (Å²) in [5.41, 5.74) is 8.89. The van der Waals surface area contributed by atoms with Gasteiger partial charge < -0.3 is 19.6 Å². The average molecular weight is 754 g/mol. The number of carbonyl (C=O) groups excluding carboxylic acids is 1. The number of benzene rings is 3. The van der Waals surface area contributed by atoms with Crippen LogP contribution < -0.4 is 4.90 Å². The quantitative estimate of drug-likeness (QED) is 0.243. The Kier molecular flexibility index (Phi) is 11.2. The minimum atomic E-state index is -0.914.